The minimum atomic E-state index is -0.897. The van der Waals surface area contributed by atoms with Crippen LogP contribution in [-0.4, -0.2) is 28.4 Å². The van der Waals surface area contributed by atoms with Crippen molar-refractivity contribution in [3.8, 4) is 6.07 Å². The fourth-order valence-electron chi connectivity index (χ4n) is 3.86. The van der Waals surface area contributed by atoms with E-state index in [-0.39, 0.29) is 18.4 Å². The Morgan fingerprint density at radius 1 is 1.21 bits per heavy atom. The number of nitrogens with one attached hydrogen (secondary N) is 2. The number of nitrogens with zero attached hydrogens (tertiary/aromatic N) is 3. The predicted octanol–water partition coefficient (Wildman–Crippen LogP) is 4.22. The van der Waals surface area contributed by atoms with E-state index in [1.165, 1.54) is 11.3 Å². The van der Waals surface area contributed by atoms with Crippen LogP contribution >= 0.6 is 11.3 Å². The molecule has 1 aliphatic rings. The predicted molar refractivity (Wildman–Crippen MR) is 128 cm³/mol. The molecule has 0 fully saturated rings. The van der Waals surface area contributed by atoms with Gasteiger partial charge in [0.05, 0.1) is 23.0 Å². The molecule has 33 heavy (non-hydrogen) atoms. The monoisotopic (exact) mass is 459 g/mol. The zero-order valence-electron chi connectivity index (χ0n) is 18.4. The van der Waals surface area contributed by atoms with Crippen molar-refractivity contribution in [2.24, 2.45) is 0 Å². The number of rotatable bonds is 6. The van der Waals surface area contributed by atoms with Crippen LogP contribution in [0.4, 0.5) is 9.80 Å². The van der Waals surface area contributed by atoms with Gasteiger partial charge in [-0.3, -0.25) is 9.78 Å². The summed E-state index contributed by atoms with van der Waals surface area (Å²) in [7, 11) is 0. The van der Waals surface area contributed by atoms with Gasteiger partial charge in [0.25, 0.3) is 0 Å². The average Bonchev–Trinajstić information content (AvgIpc) is 3.24. The summed E-state index contributed by atoms with van der Waals surface area (Å²) in [5.74, 6) is -0.201. The fourth-order valence-corrected chi connectivity index (χ4v) is 5.00. The summed E-state index contributed by atoms with van der Waals surface area (Å²) in [5.41, 5.74) is 2.07. The lowest BCUT2D eigenvalue weighted by molar-refractivity contribution is -0.116. The summed E-state index contributed by atoms with van der Waals surface area (Å²) in [6.07, 6.45) is 4.22. The third kappa shape index (κ3) is 5.38. The molecule has 0 bridgehead atoms. The van der Waals surface area contributed by atoms with E-state index < -0.39 is 5.41 Å². The molecular formula is C25H25N5O2S. The van der Waals surface area contributed by atoms with Gasteiger partial charge in [0.15, 0.2) is 0 Å². The van der Waals surface area contributed by atoms with Crippen molar-refractivity contribution in [2.75, 3.05) is 11.9 Å². The highest BCUT2D eigenvalue weighted by atomic mass is 32.1. The molecule has 0 saturated heterocycles. The summed E-state index contributed by atoms with van der Waals surface area (Å²) in [6, 6.07) is 17.3. The molecule has 1 aliphatic heterocycles. The zero-order valence-corrected chi connectivity index (χ0v) is 19.2. The molecule has 8 heteroatoms. The van der Waals surface area contributed by atoms with Crippen molar-refractivity contribution in [1.29, 1.82) is 5.26 Å². The summed E-state index contributed by atoms with van der Waals surface area (Å²) in [5, 5.41) is 16.4. The topological polar surface area (TPSA) is 98.1 Å². The quantitative estimate of drug-likeness (QED) is 0.577. The zero-order chi connectivity index (χ0) is 23.3. The number of fused-ring (bicyclic) bond motifs is 1. The first kappa shape index (κ1) is 22.5. The van der Waals surface area contributed by atoms with Gasteiger partial charge in [0, 0.05) is 36.8 Å². The van der Waals surface area contributed by atoms with Crippen LogP contribution in [-0.2, 0) is 29.7 Å². The summed E-state index contributed by atoms with van der Waals surface area (Å²) in [4.78, 5) is 32.2. The van der Waals surface area contributed by atoms with Crippen molar-refractivity contribution in [2.45, 2.75) is 38.3 Å². The normalized spacial score (nSPS) is 14.5. The second-order valence-corrected chi connectivity index (χ2v) is 9.42. The molecule has 0 aliphatic carbocycles. The molecule has 168 valence electrons. The molecule has 0 spiro atoms. The molecule has 3 amide bonds. The smallest absolute Gasteiger partial charge is 0.318 e. The van der Waals surface area contributed by atoms with E-state index in [1.807, 2.05) is 48.5 Å². The Bertz CT molecular complexity index is 1170. The number of hydrogen-bond donors (Lipinski definition) is 2. The average molecular weight is 460 g/mol. The third-order valence-electron chi connectivity index (χ3n) is 5.80. The van der Waals surface area contributed by atoms with E-state index in [4.69, 9.17) is 0 Å². The lowest BCUT2D eigenvalue weighted by atomic mass is 9.81. The fraction of sp³-hybridized carbons (Fsp3) is 0.280. The summed E-state index contributed by atoms with van der Waals surface area (Å²) >= 11 is 1.48. The van der Waals surface area contributed by atoms with Crippen LogP contribution < -0.4 is 10.6 Å². The minimum Gasteiger partial charge on any atom is -0.334 e. The van der Waals surface area contributed by atoms with Gasteiger partial charge in [-0.1, -0.05) is 30.3 Å². The van der Waals surface area contributed by atoms with E-state index in [0.717, 1.165) is 33.0 Å². The summed E-state index contributed by atoms with van der Waals surface area (Å²) < 4.78 is 0. The van der Waals surface area contributed by atoms with Gasteiger partial charge in [0.2, 0.25) is 5.91 Å². The number of aromatic nitrogens is 1. The number of carbonyl (C=O) groups is 2. The number of anilines is 1. The molecule has 1 unspecified atom stereocenters. The van der Waals surface area contributed by atoms with Gasteiger partial charge in [-0.25, -0.2) is 4.79 Å². The van der Waals surface area contributed by atoms with Gasteiger partial charge < -0.3 is 15.5 Å². The maximum Gasteiger partial charge on any atom is 0.318 e. The standard InChI is InChI=1S/C25H25N5O2S/c1-25(17-26,20-5-3-2-4-6-20)14-22(31)29-23-13-19-9-12-30(16-21(19)33-23)24(32)28-15-18-7-10-27-11-8-18/h2-8,10-11,13H,9,12,14-16H2,1H3,(H,28,32)(H,29,31). The lowest BCUT2D eigenvalue weighted by Gasteiger charge is -2.27. The van der Waals surface area contributed by atoms with E-state index in [9.17, 15) is 14.9 Å². The van der Waals surface area contributed by atoms with E-state index in [2.05, 4.69) is 21.7 Å². The van der Waals surface area contributed by atoms with Crippen LogP contribution in [0.1, 0.15) is 34.9 Å². The highest BCUT2D eigenvalue weighted by Crippen LogP contribution is 2.33. The molecule has 2 N–H and O–H groups in total. The lowest BCUT2D eigenvalue weighted by Crippen LogP contribution is -2.42. The number of thiophene rings is 1. The number of hydrogen-bond acceptors (Lipinski definition) is 5. The van der Waals surface area contributed by atoms with Crippen LogP contribution in [0.15, 0.2) is 60.9 Å². The van der Waals surface area contributed by atoms with Gasteiger partial charge in [-0.15, -0.1) is 11.3 Å². The maximum atomic E-state index is 12.7. The van der Waals surface area contributed by atoms with Gasteiger partial charge in [-0.2, -0.15) is 5.26 Å². The number of amides is 3. The number of urea groups is 1. The number of carbonyl (C=O) groups excluding carboxylic acids is 2. The first-order chi connectivity index (χ1) is 16.0. The Labute approximate surface area is 197 Å². The second kappa shape index (κ2) is 9.84. The van der Waals surface area contributed by atoms with Gasteiger partial charge in [-0.05, 0) is 48.2 Å². The molecule has 0 saturated carbocycles. The number of nitriles is 1. The molecule has 4 rings (SSSR count). The van der Waals surface area contributed by atoms with E-state index in [1.54, 1.807) is 24.2 Å². The SMILES string of the molecule is CC(C#N)(CC(=O)Nc1cc2c(s1)CN(C(=O)NCc1ccncc1)CC2)c1ccccc1. The molecule has 1 aromatic carbocycles. The largest absolute Gasteiger partial charge is 0.334 e. The molecular weight excluding hydrogens is 434 g/mol. The molecule has 3 aromatic rings. The van der Waals surface area contributed by atoms with Crippen molar-refractivity contribution in [3.05, 3.63) is 82.5 Å². The number of pyridine rings is 1. The highest BCUT2D eigenvalue weighted by molar-refractivity contribution is 7.16. The minimum absolute atomic E-state index is 0.0691. The van der Waals surface area contributed by atoms with Crippen LogP contribution in [0, 0.1) is 11.3 Å². The van der Waals surface area contributed by atoms with Gasteiger partial charge in [0.1, 0.15) is 0 Å². The molecule has 2 aromatic heterocycles. The number of benzene rings is 1. The first-order valence-corrected chi connectivity index (χ1v) is 11.6. The Kier molecular flexibility index (Phi) is 6.71. The van der Waals surface area contributed by atoms with Crippen molar-refractivity contribution < 1.29 is 9.59 Å². The van der Waals surface area contributed by atoms with Crippen molar-refractivity contribution in [3.63, 3.8) is 0 Å². The van der Waals surface area contributed by atoms with E-state index in [0.29, 0.717) is 19.6 Å². The molecule has 0 radical (unpaired) electrons. The Hall–Kier alpha value is -3.70. The van der Waals surface area contributed by atoms with Crippen LogP contribution in [0.2, 0.25) is 0 Å². The molecule has 7 nitrogen and oxygen atoms in total. The Balaban J connectivity index is 1.35. The second-order valence-electron chi connectivity index (χ2n) is 8.28. The van der Waals surface area contributed by atoms with Crippen LogP contribution in [0.3, 0.4) is 0 Å². The summed E-state index contributed by atoms with van der Waals surface area (Å²) in [6.45, 7) is 3.37. The first-order valence-electron chi connectivity index (χ1n) is 10.8. The molecule has 3 heterocycles. The van der Waals surface area contributed by atoms with Crippen LogP contribution in [0.5, 0.6) is 0 Å². The van der Waals surface area contributed by atoms with Crippen molar-refractivity contribution in [1.82, 2.24) is 15.2 Å². The molecule has 1 atom stereocenters. The van der Waals surface area contributed by atoms with Gasteiger partial charge >= 0.3 is 6.03 Å². The Morgan fingerprint density at radius 3 is 2.70 bits per heavy atom. The van der Waals surface area contributed by atoms with E-state index >= 15 is 0 Å². The van der Waals surface area contributed by atoms with Crippen molar-refractivity contribution >= 4 is 28.3 Å². The highest BCUT2D eigenvalue weighted by Gasteiger charge is 2.30. The maximum absolute atomic E-state index is 12.7. The Morgan fingerprint density at radius 2 is 1.97 bits per heavy atom. The van der Waals surface area contributed by atoms with Crippen LogP contribution in [0.25, 0.3) is 0 Å². The third-order valence-corrected chi connectivity index (χ3v) is 6.87.